The standard InChI is InChI=1S/C21H17FN4OS2/c1-13-5-6-14(9-17(13)22)8-16-11-24-21(29-16)26-19(27)10-15-12-28-20(25-15)18-4-2-3-7-23-18/h2-7,9,11-12H,8,10H2,1H3,(H,24,26,27). The molecule has 4 aromatic rings. The topological polar surface area (TPSA) is 67.8 Å². The maximum atomic E-state index is 13.7. The van der Waals surface area contributed by atoms with Gasteiger partial charge < -0.3 is 5.32 Å². The van der Waals surface area contributed by atoms with Crippen LogP contribution in [-0.2, 0) is 17.6 Å². The van der Waals surface area contributed by atoms with Gasteiger partial charge in [0.15, 0.2) is 5.13 Å². The maximum absolute atomic E-state index is 13.7. The fourth-order valence-electron chi connectivity index (χ4n) is 2.72. The fourth-order valence-corrected chi connectivity index (χ4v) is 4.38. The van der Waals surface area contributed by atoms with E-state index in [0.717, 1.165) is 21.1 Å². The molecule has 0 fully saturated rings. The molecule has 1 aromatic carbocycles. The molecule has 8 heteroatoms. The van der Waals surface area contributed by atoms with Crippen LogP contribution in [0.3, 0.4) is 0 Å². The number of benzene rings is 1. The number of pyridine rings is 1. The van der Waals surface area contributed by atoms with E-state index in [2.05, 4.69) is 20.3 Å². The Balaban J connectivity index is 1.36. The van der Waals surface area contributed by atoms with Crippen molar-refractivity contribution in [1.82, 2.24) is 15.0 Å². The summed E-state index contributed by atoms with van der Waals surface area (Å²) in [6.07, 6.45) is 4.17. The van der Waals surface area contributed by atoms with Gasteiger partial charge in [-0.15, -0.1) is 22.7 Å². The number of halogens is 1. The van der Waals surface area contributed by atoms with E-state index in [1.807, 2.05) is 29.6 Å². The van der Waals surface area contributed by atoms with Gasteiger partial charge in [0.25, 0.3) is 0 Å². The summed E-state index contributed by atoms with van der Waals surface area (Å²) in [6.45, 7) is 1.74. The molecule has 0 bridgehead atoms. The number of nitrogens with zero attached hydrogens (tertiary/aromatic N) is 3. The van der Waals surface area contributed by atoms with Crippen LogP contribution in [0.5, 0.6) is 0 Å². The minimum Gasteiger partial charge on any atom is -0.302 e. The number of carbonyl (C=O) groups is 1. The van der Waals surface area contributed by atoms with Crippen molar-refractivity contribution < 1.29 is 9.18 Å². The second kappa shape index (κ2) is 8.59. The summed E-state index contributed by atoms with van der Waals surface area (Å²) in [5.74, 6) is -0.390. The lowest BCUT2D eigenvalue weighted by Gasteiger charge is -2.01. The molecule has 0 spiro atoms. The Bertz CT molecular complexity index is 1140. The molecule has 0 aliphatic carbocycles. The zero-order chi connectivity index (χ0) is 20.2. The molecule has 0 unspecified atom stereocenters. The van der Waals surface area contributed by atoms with Gasteiger partial charge in [0.1, 0.15) is 10.8 Å². The molecule has 0 aliphatic rings. The highest BCUT2D eigenvalue weighted by atomic mass is 32.1. The van der Waals surface area contributed by atoms with Gasteiger partial charge in [0, 0.05) is 29.1 Å². The van der Waals surface area contributed by atoms with E-state index in [9.17, 15) is 9.18 Å². The number of thiazole rings is 2. The van der Waals surface area contributed by atoms with Crippen molar-refractivity contribution in [3.63, 3.8) is 0 Å². The van der Waals surface area contributed by atoms with E-state index >= 15 is 0 Å². The lowest BCUT2D eigenvalue weighted by atomic mass is 10.1. The number of anilines is 1. The lowest BCUT2D eigenvalue weighted by molar-refractivity contribution is -0.115. The molecule has 146 valence electrons. The first-order chi connectivity index (χ1) is 14.1. The van der Waals surface area contributed by atoms with E-state index in [0.29, 0.717) is 22.8 Å². The molecule has 5 nitrogen and oxygen atoms in total. The summed E-state index contributed by atoms with van der Waals surface area (Å²) in [5, 5.41) is 5.99. The third-order valence-electron chi connectivity index (χ3n) is 4.19. The minimum absolute atomic E-state index is 0.168. The summed E-state index contributed by atoms with van der Waals surface area (Å²) >= 11 is 2.85. The van der Waals surface area contributed by atoms with E-state index in [1.54, 1.807) is 25.4 Å². The van der Waals surface area contributed by atoms with Crippen LogP contribution in [0, 0.1) is 12.7 Å². The van der Waals surface area contributed by atoms with Crippen molar-refractivity contribution in [1.29, 1.82) is 0 Å². The quantitative estimate of drug-likeness (QED) is 0.479. The first-order valence-corrected chi connectivity index (χ1v) is 10.6. The summed E-state index contributed by atoms with van der Waals surface area (Å²) in [7, 11) is 0. The summed E-state index contributed by atoms with van der Waals surface area (Å²) in [4.78, 5) is 26.3. The van der Waals surface area contributed by atoms with Crippen molar-refractivity contribution >= 4 is 33.7 Å². The van der Waals surface area contributed by atoms with Crippen LogP contribution in [0.1, 0.15) is 21.7 Å². The number of aromatic nitrogens is 3. The Morgan fingerprint density at radius 2 is 2.10 bits per heavy atom. The van der Waals surface area contributed by atoms with Gasteiger partial charge in [-0.25, -0.2) is 14.4 Å². The van der Waals surface area contributed by atoms with Crippen LogP contribution in [0.2, 0.25) is 0 Å². The summed E-state index contributed by atoms with van der Waals surface area (Å²) in [5.41, 5.74) is 2.99. The van der Waals surface area contributed by atoms with Gasteiger partial charge in [-0.2, -0.15) is 0 Å². The van der Waals surface area contributed by atoms with E-state index < -0.39 is 0 Å². The first kappa shape index (κ1) is 19.4. The molecule has 1 N–H and O–H groups in total. The largest absolute Gasteiger partial charge is 0.302 e. The highest BCUT2D eigenvalue weighted by Crippen LogP contribution is 2.24. The minimum atomic E-state index is -0.214. The zero-order valence-electron chi connectivity index (χ0n) is 15.6. The van der Waals surface area contributed by atoms with Crippen LogP contribution in [-0.4, -0.2) is 20.9 Å². The van der Waals surface area contributed by atoms with Crippen molar-refractivity contribution in [2.24, 2.45) is 0 Å². The van der Waals surface area contributed by atoms with Gasteiger partial charge in [-0.05, 0) is 36.2 Å². The maximum Gasteiger partial charge on any atom is 0.232 e. The van der Waals surface area contributed by atoms with Crippen molar-refractivity contribution in [3.8, 4) is 10.7 Å². The third-order valence-corrected chi connectivity index (χ3v) is 6.02. The van der Waals surface area contributed by atoms with Crippen LogP contribution < -0.4 is 5.32 Å². The molecule has 0 saturated heterocycles. The van der Waals surface area contributed by atoms with Crippen molar-refractivity contribution in [3.05, 3.63) is 81.7 Å². The molecular weight excluding hydrogens is 407 g/mol. The highest BCUT2D eigenvalue weighted by Gasteiger charge is 2.12. The third kappa shape index (κ3) is 4.90. The number of aryl methyl sites for hydroxylation is 1. The Morgan fingerprint density at radius 3 is 2.90 bits per heavy atom. The van der Waals surface area contributed by atoms with Crippen LogP contribution in [0.15, 0.2) is 54.2 Å². The molecule has 0 radical (unpaired) electrons. The number of hydrogen-bond acceptors (Lipinski definition) is 6. The Labute approximate surface area is 175 Å². The normalized spacial score (nSPS) is 10.8. The Kier molecular flexibility index (Phi) is 5.73. The van der Waals surface area contributed by atoms with Gasteiger partial charge in [-0.1, -0.05) is 18.2 Å². The summed E-state index contributed by atoms with van der Waals surface area (Å²) < 4.78 is 13.7. The molecule has 1 amide bonds. The van der Waals surface area contributed by atoms with Crippen molar-refractivity contribution in [2.45, 2.75) is 19.8 Å². The van der Waals surface area contributed by atoms with Crippen LogP contribution in [0.25, 0.3) is 10.7 Å². The van der Waals surface area contributed by atoms with Crippen LogP contribution >= 0.6 is 22.7 Å². The van der Waals surface area contributed by atoms with Gasteiger partial charge >= 0.3 is 0 Å². The number of rotatable bonds is 6. The van der Waals surface area contributed by atoms with E-state index in [-0.39, 0.29) is 18.1 Å². The average molecular weight is 425 g/mol. The second-order valence-electron chi connectivity index (χ2n) is 6.48. The fraction of sp³-hybridized carbons (Fsp3) is 0.143. The highest BCUT2D eigenvalue weighted by molar-refractivity contribution is 7.15. The molecule has 0 saturated carbocycles. The number of amides is 1. The average Bonchev–Trinajstić information content (AvgIpc) is 3.35. The number of hydrogen-bond donors (Lipinski definition) is 1. The monoisotopic (exact) mass is 424 g/mol. The Hall–Kier alpha value is -2.97. The van der Waals surface area contributed by atoms with Gasteiger partial charge in [0.2, 0.25) is 5.91 Å². The van der Waals surface area contributed by atoms with Gasteiger partial charge in [-0.3, -0.25) is 9.78 Å². The van der Waals surface area contributed by atoms with E-state index in [4.69, 9.17) is 0 Å². The molecule has 4 rings (SSSR count). The predicted octanol–water partition coefficient (Wildman–Crippen LogP) is 4.88. The zero-order valence-corrected chi connectivity index (χ0v) is 17.2. The smallest absolute Gasteiger partial charge is 0.232 e. The molecule has 3 aromatic heterocycles. The molecule has 29 heavy (non-hydrogen) atoms. The number of nitrogens with one attached hydrogen (secondary N) is 1. The second-order valence-corrected chi connectivity index (χ2v) is 8.45. The summed E-state index contributed by atoms with van der Waals surface area (Å²) in [6, 6.07) is 10.8. The molecule has 0 aliphatic heterocycles. The Morgan fingerprint density at radius 1 is 1.21 bits per heavy atom. The molecule has 0 atom stereocenters. The van der Waals surface area contributed by atoms with Crippen molar-refractivity contribution in [2.75, 3.05) is 5.32 Å². The first-order valence-electron chi connectivity index (χ1n) is 8.92. The van der Waals surface area contributed by atoms with Gasteiger partial charge in [0.05, 0.1) is 17.8 Å². The number of carbonyl (C=O) groups excluding carboxylic acids is 1. The molecule has 3 heterocycles. The lowest BCUT2D eigenvalue weighted by Crippen LogP contribution is -2.14. The SMILES string of the molecule is Cc1ccc(Cc2cnc(NC(=O)Cc3csc(-c4ccccn4)n3)s2)cc1F. The van der Waals surface area contributed by atoms with E-state index in [1.165, 1.54) is 28.7 Å². The molecular formula is C21H17FN4OS2. The predicted molar refractivity (Wildman–Crippen MR) is 114 cm³/mol. The van der Waals surface area contributed by atoms with Crippen LogP contribution in [0.4, 0.5) is 9.52 Å².